The highest BCUT2D eigenvalue weighted by atomic mass is 16.5. The third-order valence-electron chi connectivity index (χ3n) is 4.15. The Morgan fingerprint density at radius 1 is 1.16 bits per heavy atom. The lowest BCUT2D eigenvalue weighted by molar-refractivity contribution is -0.121. The summed E-state index contributed by atoms with van der Waals surface area (Å²) in [5.74, 6) is 0.749. The first-order valence-corrected chi connectivity index (χ1v) is 8.25. The van der Waals surface area contributed by atoms with Crippen LogP contribution in [0.25, 0.3) is 11.0 Å². The second kappa shape index (κ2) is 7.70. The number of fused-ring (bicyclic) bond motifs is 1. The summed E-state index contributed by atoms with van der Waals surface area (Å²) in [6.07, 6.45) is 0.992. The zero-order chi connectivity index (χ0) is 17.6. The summed E-state index contributed by atoms with van der Waals surface area (Å²) in [6.45, 7) is 0.843. The molecule has 1 aromatic heterocycles. The second-order valence-electron chi connectivity index (χ2n) is 5.76. The van der Waals surface area contributed by atoms with Gasteiger partial charge in [-0.05, 0) is 30.2 Å². The number of H-pyrrole nitrogens is 1. The first-order chi connectivity index (χ1) is 12.2. The van der Waals surface area contributed by atoms with Gasteiger partial charge in [-0.25, -0.2) is 4.79 Å². The normalized spacial score (nSPS) is 10.8. The lowest BCUT2D eigenvalue weighted by Crippen LogP contribution is -2.30. The molecule has 1 heterocycles. The Balaban J connectivity index is 1.52. The number of imidazole rings is 1. The summed E-state index contributed by atoms with van der Waals surface area (Å²) in [5, 5.41) is 2.87. The molecule has 0 fully saturated rings. The maximum Gasteiger partial charge on any atom is 0.326 e. The molecule has 130 valence electrons. The van der Waals surface area contributed by atoms with Crippen molar-refractivity contribution in [2.45, 2.75) is 19.4 Å². The molecule has 0 radical (unpaired) electrons. The Bertz CT molecular complexity index is 927. The number of aromatic amines is 1. The molecule has 0 spiro atoms. The molecule has 1 amide bonds. The van der Waals surface area contributed by atoms with Crippen LogP contribution < -0.4 is 15.7 Å². The predicted molar refractivity (Wildman–Crippen MR) is 96.9 cm³/mol. The summed E-state index contributed by atoms with van der Waals surface area (Å²) < 4.78 is 6.92. The highest BCUT2D eigenvalue weighted by Gasteiger charge is 2.08. The van der Waals surface area contributed by atoms with Gasteiger partial charge in [0.25, 0.3) is 0 Å². The molecular formula is C19H21N3O3. The van der Waals surface area contributed by atoms with Crippen LogP contribution in [-0.4, -0.2) is 29.1 Å². The zero-order valence-electron chi connectivity index (χ0n) is 14.1. The van der Waals surface area contributed by atoms with Crippen LogP contribution >= 0.6 is 0 Å². The SMILES string of the molecule is COc1ccccc1CCC(=O)NCCn1c(=O)[nH]c2ccccc21. The minimum atomic E-state index is -0.163. The monoisotopic (exact) mass is 339 g/mol. The fourth-order valence-electron chi connectivity index (χ4n) is 2.88. The third-order valence-corrected chi connectivity index (χ3v) is 4.15. The van der Waals surface area contributed by atoms with Gasteiger partial charge in [-0.2, -0.15) is 0 Å². The molecular weight excluding hydrogens is 318 g/mol. The Labute approximate surface area is 145 Å². The van der Waals surface area contributed by atoms with Crippen molar-refractivity contribution in [2.75, 3.05) is 13.7 Å². The molecule has 0 unspecified atom stereocenters. The number of ether oxygens (including phenoxy) is 1. The van der Waals surface area contributed by atoms with E-state index in [9.17, 15) is 9.59 Å². The predicted octanol–water partition coefficient (Wildman–Crippen LogP) is 2.09. The third kappa shape index (κ3) is 3.91. The molecule has 0 saturated carbocycles. The molecule has 25 heavy (non-hydrogen) atoms. The summed E-state index contributed by atoms with van der Waals surface area (Å²) in [6, 6.07) is 15.2. The second-order valence-corrected chi connectivity index (χ2v) is 5.76. The topological polar surface area (TPSA) is 76.1 Å². The summed E-state index contributed by atoms with van der Waals surface area (Å²) >= 11 is 0. The van der Waals surface area contributed by atoms with Gasteiger partial charge in [0.05, 0.1) is 18.1 Å². The van der Waals surface area contributed by atoms with Crippen molar-refractivity contribution in [1.29, 1.82) is 0 Å². The fourth-order valence-corrected chi connectivity index (χ4v) is 2.88. The Kier molecular flexibility index (Phi) is 5.18. The average Bonchev–Trinajstić information content (AvgIpc) is 2.96. The summed E-state index contributed by atoms with van der Waals surface area (Å²) in [4.78, 5) is 26.8. The maximum atomic E-state index is 12.0. The van der Waals surface area contributed by atoms with Crippen LogP contribution in [0.4, 0.5) is 0 Å². The smallest absolute Gasteiger partial charge is 0.326 e. The Morgan fingerprint density at radius 3 is 2.76 bits per heavy atom. The highest BCUT2D eigenvalue weighted by molar-refractivity contribution is 5.76. The van der Waals surface area contributed by atoms with Gasteiger partial charge in [-0.1, -0.05) is 30.3 Å². The maximum absolute atomic E-state index is 12.0. The van der Waals surface area contributed by atoms with E-state index in [1.54, 1.807) is 11.7 Å². The number of nitrogens with one attached hydrogen (secondary N) is 2. The number of carbonyl (C=O) groups excluding carboxylic acids is 1. The van der Waals surface area contributed by atoms with E-state index in [2.05, 4.69) is 10.3 Å². The minimum absolute atomic E-state index is 0.0428. The standard InChI is InChI=1S/C19H21N3O3/c1-25-17-9-5-2-6-14(17)10-11-18(23)20-12-13-22-16-8-4-3-7-15(16)21-19(22)24/h2-9H,10-13H2,1H3,(H,20,23)(H,21,24). The van der Waals surface area contributed by atoms with Gasteiger partial charge in [-0.15, -0.1) is 0 Å². The van der Waals surface area contributed by atoms with Crippen molar-refractivity contribution >= 4 is 16.9 Å². The summed E-state index contributed by atoms with van der Waals surface area (Å²) in [7, 11) is 1.62. The average molecular weight is 339 g/mol. The number of hydrogen-bond donors (Lipinski definition) is 2. The Hall–Kier alpha value is -3.02. The quantitative estimate of drug-likeness (QED) is 0.692. The van der Waals surface area contributed by atoms with E-state index in [-0.39, 0.29) is 11.6 Å². The van der Waals surface area contributed by atoms with Crippen LogP contribution in [0, 0.1) is 0 Å². The van der Waals surface area contributed by atoms with Crippen LogP contribution in [0.3, 0.4) is 0 Å². The van der Waals surface area contributed by atoms with Gasteiger partial charge in [-0.3, -0.25) is 9.36 Å². The summed E-state index contributed by atoms with van der Waals surface area (Å²) in [5.41, 5.74) is 2.49. The number of hydrogen-bond acceptors (Lipinski definition) is 3. The van der Waals surface area contributed by atoms with E-state index in [0.29, 0.717) is 25.9 Å². The number of benzene rings is 2. The van der Waals surface area contributed by atoms with Gasteiger partial charge in [0, 0.05) is 19.5 Å². The molecule has 2 aromatic carbocycles. The first kappa shape index (κ1) is 16.8. The van der Waals surface area contributed by atoms with Crippen LogP contribution in [-0.2, 0) is 17.8 Å². The number of para-hydroxylation sites is 3. The molecule has 0 bridgehead atoms. The lowest BCUT2D eigenvalue weighted by atomic mass is 10.1. The minimum Gasteiger partial charge on any atom is -0.496 e. The lowest BCUT2D eigenvalue weighted by Gasteiger charge is -2.09. The van der Waals surface area contributed by atoms with Crippen molar-refractivity contribution in [2.24, 2.45) is 0 Å². The van der Waals surface area contributed by atoms with Crippen LogP contribution in [0.1, 0.15) is 12.0 Å². The van der Waals surface area contributed by atoms with Crippen LogP contribution in [0.2, 0.25) is 0 Å². The van der Waals surface area contributed by atoms with Gasteiger partial charge >= 0.3 is 5.69 Å². The largest absolute Gasteiger partial charge is 0.496 e. The van der Waals surface area contributed by atoms with E-state index < -0.39 is 0 Å². The van der Waals surface area contributed by atoms with E-state index >= 15 is 0 Å². The van der Waals surface area contributed by atoms with Crippen LogP contribution in [0.15, 0.2) is 53.3 Å². The number of aryl methyl sites for hydroxylation is 1. The highest BCUT2D eigenvalue weighted by Crippen LogP contribution is 2.18. The van der Waals surface area contributed by atoms with Gasteiger partial charge in [0.1, 0.15) is 5.75 Å². The molecule has 2 N–H and O–H groups in total. The molecule has 0 atom stereocenters. The zero-order valence-corrected chi connectivity index (χ0v) is 14.1. The molecule has 0 aliphatic heterocycles. The first-order valence-electron chi connectivity index (χ1n) is 8.25. The number of rotatable bonds is 7. The van der Waals surface area contributed by atoms with E-state index in [0.717, 1.165) is 22.3 Å². The van der Waals surface area contributed by atoms with Crippen molar-refractivity contribution in [1.82, 2.24) is 14.9 Å². The number of methoxy groups -OCH3 is 1. The molecule has 3 rings (SSSR count). The Morgan fingerprint density at radius 2 is 1.92 bits per heavy atom. The van der Waals surface area contributed by atoms with Gasteiger partial charge in [0.15, 0.2) is 0 Å². The van der Waals surface area contributed by atoms with E-state index in [4.69, 9.17) is 4.74 Å². The molecule has 0 aliphatic rings. The fraction of sp³-hybridized carbons (Fsp3) is 0.263. The number of amides is 1. The van der Waals surface area contributed by atoms with Crippen molar-refractivity contribution in [3.8, 4) is 5.75 Å². The van der Waals surface area contributed by atoms with E-state index in [1.807, 2.05) is 48.5 Å². The number of aromatic nitrogens is 2. The van der Waals surface area contributed by atoms with Crippen molar-refractivity contribution in [3.05, 3.63) is 64.6 Å². The molecule has 0 saturated heterocycles. The van der Waals surface area contributed by atoms with Crippen molar-refractivity contribution in [3.63, 3.8) is 0 Å². The number of nitrogens with zero attached hydrogens (tertiary/aromatic N) is 1. The molecule has 6 heteroatoms. The molecule has 3 aromatic rings. The molecule has 0 aliphatic carbocycles. The van der Waals surface area contributed by atoms with Crippen molar-refractivity contribution < 1.29 is 9.53 Å². The van der Waals surface area contributed by atoms with Crippen LogP contribution in [0.5, 0.6) is 5.75 Å². The van der Waals surface area contributed by atoms with Gasteiger partial charge < -0.3 is 15.0 Å². The molecule has 6 nitrogen and oxygen atoms in total. The van der Waals surface area contributed by atoms with E-state index in [1.165, 1.54) is 0 Å². The van der Waals surface area contributed by atoms with Gasteiger partial charge in [0.2, 0.25) is 5.91 Å². The number of carbonyl (C=O) groups is 1.